The van der Waals surface area contributed by atoms with Crippen molar-refractivity contribution >= 4 is 56.5 Å². The molecule has 0 bridgehead atoms. The molecule has 2 aliphatic heterocycles. The Kier molecular flexibility index (Phi) is 6.82. The van der Waals surface area contributed by atoms with Crippen molar-refractivity contribution in [1.29, 1.82) is 0 Å². The quantitative estimate of drug-likeness (QED) is 0.189. The largest absolute Gasteiger partial charge is 0.351 e. The van der Waals surface area contributed by atoms with Crippen molar-refractivity contribution in [3.05, 3.63) is 71.8 Å². The third-order valence-electron chi connectivity index (χ3n) is 8.33. The van der Waals surface area contributed by atoms with Crippen molar-refractivity contribution in [1.82, 2.24) is 30.2 Å². The molecule has 2 atom stereocenters. The molecule has 2 saturated heterocycles. The van der Waals surface area contributed by atoms with E-state index in [2.05, 4.69) is 37.8 Å². The van der Waals surface area contributed by atoms with Crippen LogP contribution in [0.5, 0.6) is 0 Å². The Bertz CT molecular complexity index is 1670. The number of H-pyrrole nitrogens is 1. The van der Waals surface area contributed by atoms with Gasteiger partial charge in [0, 0.05) is 64.0 Å². The van der Waals surface area contributed by atoms with E-state index in [4.69, 9.17) is 33.2 Å². The number of rotatable bonds is 7. The van der Waals surface area contributed by atoms with Crippen LogP contribution in [0, 0.1) is 0 Å². The number of anilines is 1. The second kappa shape index (κ2) is 10.6. The van der Waals surface area contributed by atoms with Gasteiger partial charge < -0.3 is 15.2 Å². The molecule has 0 aromatic carbocycles. The molecule has 2 N–H and O–H groups in total. The molecule has 0 spiro atoms. The summed E-state index contributed by atoms with van der Waals surface area (Å²) in [5.74, 6) is 2.69. The third-order valence-corrected chi connectivity index (χ3v) is 8.75. The number of aromatic amines is 1. The summed E-state index contributed by atoms with van der Waals surface area (Å²) in [6.07, 6.45) is 17.0. The van der Waals surface area contributed by atoms with Crippen LogP contribution in [0.4, 0.5) is 5.82 Å². The molecule has 3 fully saturated rings. The lowest BCUT2D eigenvalue weighted by molar-refractivity contribution is 0.382. The van der Waals surface area contributed by atoms with Gasteiger partial charge in [-0.25, -0.2) is 15.0 Å². The summed E-state index contributed by atoms with van der Waals surface area (Å²) in [4.78, 5) is 25.6. The Morgan fingerprint density at radius 2 is 2.08 bits per heavy atom. The van der Waals surface area contributed by atoms with Crippen LogP contribution in [-0.2, 0) is 0 Å². The number of allylic oxidation sites excluding steroid dienone is 5. The number of piperidine rings is 1. The lowest BCUT2D eigenvalue weighted by Gasteiger charge is -2.34. The van der Waals surface area contributed by atoms with Crippen molar-refractivity contribution < 1.29 is 0 Å². The van der Waals surface area contributed by atoms with Gasteiger partial charge >= 0.3 is 0 Å². The molecule has 9 heteroatoms. The Morgan fingerprint density at radius 1 is 1.18 bits per heavy atom. The van der Waals surface area contributed by atoms with E-state index in [1.165, 1.54) is 36.6 Å². The number of alkyl halides is 1. The topological polar surface area (TPSA) is 82.6 Å². The molecule has 0 amide bonds. The van der Waals surface area contributed by atoms with E-state index in [1.807, 2.05) is 24.5 Å². The summed E-state index contributed by atoms with van der Waals surface area (Å²) in [5.41, 5.74) is 5.46. The van der Waals surface area contributed by atoms with Crippen LogP contribution in [0.1, 0.15) is 49.3 Å². The van der Waals surface area contributed by atoms with Gasteiger partial charge in [0.15, 0.2) is 5.82 Å². The monoisotopic (exact) mass is 571 g/mol. The van der Waals surface area contributed by atoms with Crippen molar-refractivity contribution in [2.24, 2.45) is 0 Å². The Balaban J connectivity index is 1.36. The molecule has 4 aromatic heterocycles. The molecule has 40 heavy (non-hydrogen) atoms. The van der Waals surface area contributed by atoms with Crippen LogP contribution in [0.15, 0.2) is 60.6 Å². The lowest BCUT2D eigenvalue weighted by atomic mass is 9.99. The highest BCUT2D eigenvalue weighted by atomic mass is 35.5. The number of nitrogens with zero attached hydrogens (tertiary/aromatic N) is 5. The van der Waals surface area contributed by atoms with E-state index in [0.717, 1.165) is 58.7 Å². The second-order valence-corrected chi connectivity index (χ2v) is 11.7. The minimum atomic E-state index is 0.400. The van der Waals surface area contributed by atoms with Crippen molar-refractivity contribution in [3.8, 4) is 11.4 Å². The summed E-state index contributed by atoms with van der Waals surface area (Å²) >= 11 is 12.1. The molecular weight excluding hydrogens is 541 g/mol. The molecule has 0 radical (unpaired) electrons. The number of hydrogen-bond donors (Lipinski definition) is 2. The summed E-state index contributed by atoms with van der Waals surface area (Å²) in [6, 6.07) is 5.00. The van der Waals surface area contributed by atoms with Gasteiger partial charge in [0.05, 0.1) is 11.7 Å². The van der Waals surface area contributed by atoms with Crippen LogP contribution < -0.4 is 10.2 Å². The minimum absolute atomic E-state index is 0.400. The van der Waals surface area contributed by atoms with Gasteiger partial charge in [-0.05, 0) is 80.0 Å². The standard InChI is InChI=1S/C31H31Cl2N7/c1-18(14-20(33)4-2-10-32)25-15-22-21(8-12-36-29(22)37-25)30-38-26-17-34-16-23(19-6-7-19)28(26)31(39-30)40-13-9-24-27(40)5-3-11-35-24/h2,4,8,12,14-17,19,24,27,35H,1,3,5-7,9-11,13H2,(H,36,37)/b4-2-,20-14+. The van der Waals surface area contributed by atoms with E-state index < -0.39 is 0 Å². The average molecular weight is 573 g/mol. The van der Waals surface area contributed by atoms with Crippen LogP contribution in [0.3, 0.4) is 0 Å². The first kappa shape index (κ1) is 25.7. The third kappa shape index (κ3) is 4.70. The number of pyridine rings is 2. The molecule has 4 aromatic rings. The van der Waals surface area contributed by atoms with E-state index in [9.17, 15) is 0 Å². The fourth-order valence-electron chi connectivity index (χ4n) is 6.28. The van der Waals surface area contributed by atoms with Gasteiger partial charge in [-0.1, -0.05) is 24.3 Å². The van der Waals surface area contributed by atoms with Gasteiger partial charge in [0.2, 0.25) is 0 Å². The van der Waals surface area contributed by atoms with Gasteiger partial charge in [0.25, 0.3) is 0 Å². The van der Waals surface area contributed by atoms with Crippen LogP contribution >= 0.6 is 23.2 Å². The second-order valence-electron chi connectivity index (χ2n) is 10.9. The van der Waals surface area contributed by atoms with E-state index in [1.54, 1.807) is 18.3 Å². The molecule has 2 unspecified atom stereocenters. The smallest absolute Gasteiger partial charge is 0.163 e. The van der Waals surface area contributed by atoms with Crippen LogP contribution in [0.25, 0.3) is 38.9 Å². The number of hydrogen-bond acceptors (Lipinski definition) is 6. The molecule has 6 heterocycles. The van der Waals surface area contributed by atoms with Crippen LogP contribution in [-0.4, -0.2) is 56.0 Å². The first-order valence-corrected chi connectivity index (χ1v) is 14.9. The zero-order valence-corrected chi connectivity index (χ0v) is 23.7. The molecule has 1 saturated carbocycles. The van der Waals surface area contributed by atoms with Gasteiger partial charge in [-0.2, -0.15) is 0 Å². The number of halogens is 2. The fraction of sp³-hybridized carbons (Fsp3) is 0.355. The predicted octanol–water partition coefficient (Wildman–Crippen LogP) is 6.71. The summed E-state index contributed by atoms with van der Waals surface area (Å²) < 4.78 is 0. The van der Waals surface area contributed by atoms with E-state index >= 15 is 0 Å². The number of fused-ring (bicyclic) bond motifs is 3. The molecular formula is C31H31Cl2N7. The van der Waals surface area contributed by atoms with E-state index in [-0.39, 0.29) is 0 Å². The summed E-state index contributed by atoms with van der Waals surface area (Å²) in [6.45, 7) is 6.30. The highest BCUT2D eigenvalue weighted by Crippen LogP contribution is 2.46. The molecule has 204 valence electrons. The maximum absolute atomic E-state index is 6.34. The van der Waals surface area contributed by atoms with Gasteiger partial charge in [-0.3, -0.25) is 4.98 Å². The van der Waals surface area contributed by atoms with Gasteiger partial charge in [0.1, 0.15) is 11.5 Å². The van der Waals surface area contributed by atoms with Gasteiger partial charge in [-0.15, -0.1) is 11.6 Å². The zero-order chi connectivity index (χ0) is 27.2. The molecule has 1 aliphatic carbocycles. The van der Waals surface area contributed by atoms with Crippen molar-refractivity contribution in [2.45, 2.75) is 50.1 Å². The lowest BCUT2D eigenvalue weighted by Crippen LogP contribution is -2.47. The SMILES string of the molecule is C=C(/C=C(Cl)\C=C/CCl)c1cc2c(-c3nc(N4CCC5NCCCC54)c4c(C5CC5)cncc4n3)ccnc2[nH]1. The number of aromatic nitrogens is 5. The maximum atomic E-state index is 6.34. The molecule has 3 aliphatic rings. The highest BCUT2D eigenvalue weighted by Gasteiger charge is 2.38. The Morgan fingerprint density at radius 3 is 2.92 bits per heavy atom. The zero-order valence-electron chi connectivity index (χ0n) is 22.2. The fourth-order valence-corrected chi connectivity index (χ4v) is 6.59. The predicted molar refractivity (Wildman–Crippen MR) is 164 cm³/mol. The Labute approximate surface area is 243 Å². The van der Waals surface area contributed by atoms with Crippen molar-refractivity contribution in [3.63, 3.8) is 0 Å². The first-order valence-electron chi connectivity index (χ1n) is 14.0. The van der Waals surface area contributed by atoms with Crippen LogP contribution in [0.2, 0.25) is 0 Å². The first-order chi connectivity index (χ1) is 19.6. The van der Waals surface area contributed by atoms with Crippen molar-refractivity contribution in [2.75, 3.05) is 23.9 Å². The molecule has 7 nitrogen and oxygen atoms in total. The maximum Gasteiger partial charge on any atom is 0.163 e. The molecule has 7 rings (SSSR count). The Hall–Kier alpha value is -3.26. The average Bonchev–Trinajstić information content (AvgIpc) is 3.58. The summed E-state index contributed by atoms with van der Waals surface area (Å²) in [5, 5.41) is 6.41. The highest BCUT2D eigenvalue weighted by molar-refractivity contribution is 6.32. The normalized spacial score (nSPS) is 21.6. The number of nitrogens with one attached hydrogen (secondary N) is 2. The summed E-state index contributed by atoms with van der Waals surface area (Å²) in [7, 11) is 0. The van der Waals surface area contributed by atoms with E-state index in [0.29, 0.717) is 34.7 Å². The minimum Gasteiger partial charge on any atom is -0.351 e.